The number of piperazine rings is 1. The first-order chi connectivity index (χ1) is 17.1. The minimum Gasteiger partial charge on any atom is -0.354 e. The first kappa shape index (κ1) is 21.8. The number of hydrogen-bond donors (Lipinski definition) is 1. The number of nitrogens with zero attached hydrogens (tertiary/aromatic N) is 6. The average Bonchev–Trinajstić information content (AvgIpc) is 3.31. The van der Waals surface area contributed by atoms with Crippen LogP contribution in [0.15, 0.2) is 78.2 Å². The third-order valence-corrected chi connectivity index (χ3v) is 7.56. The number of aromatic nitrogens is 4. The van der Waals surface area contributed by atoms with Crippen LogP contribution in [0.5, 0.6) is 0 Å². The molecular formula is C26H26N7OS+. The van der Waals surface area contributed by atoms with E-state index in [4.69, 9.17) is 15.1 Å². The molecule has 1 aliphatic heterocycles. The van der Waals surface area contributed by atoms with Crippen molar-refractivity contribution in [2.75, 3.05) is 38.1 Å². The van der Waals surface area contributed by atoms with Crippen molar-refractivity contribution < 1.29 is 4.21 Å². The maximum absolute atomic E-state index is 12.1. The topological polar surface area (TPSA) is 92.6 Å². The number of anilines is 1. The van der Waals surface area contributed by atoms with Crippen LogP contribution in [-0.2, 0) is 15.2 Å². The van der Waals surface area contributed by atoms with E-state index in [1.165, 1.54) is 0 Å². The van der Waals surface area contributed by atoms with Crippen LogP contribution in [0.4, 0.5) is 5.82 Å². The van der Waals surface area contributed by atoms with Gasteiger partial charge in [-0.15, -0.1) is 5.14 Å². The van der Waals surface area contributed by atoms with Gasteiger partial charge in [0.05, 0.1) is 6.20 Å². The monoisotopic (exact) mass is 484 g/mol. The Kier molecular flexibility index (Phi) is 5.52. The highest BCUT2D eigenvalue weighted by Crippen LogP contribution is 2.34. The van der Waals surface area contributed by atoms with Gasteiger partial charge in [0.25, 0.3) is 0 Å². The standard InChI is InChI=1S/C26H25N7OS/c1-31-10-12-32(13-11-31)25-9-6-18(14-28-25)19-15-29-26-23(16-30-33(26)17-19)21-7-8-24(35(27)34)22-5-3-2-4-20(21)22/h2-9,14-17H,10-13H2,1H3,(H2,27,34)/p+1. The van der Waals surface area contributed by atoms with Crippen molar-refractivity contribution >= 4 is 33.2 Å². The Labute approximate surface area is 205 Å². The van der Waals surface area contributed by atoms with Gasteiger partial charge < -0.3 is 9.80 Å². The van der Waals surface area contributed by atoms with Crippen molar-refractivity contribution in [3.63, 3.8) is 0 Å². The Hall–Kier alpha value is -3.66. The molecule has 35 heavy (non-hydrogen) atoms. The Morgan fingerprint density at radius 1 is 0.829 bits per heavy atom. The van der Waals surface area contributed by atoms with Gasteiger partial charge in [-0.05, 0) is 48.3 Å². The van der Waals surface area contributed by atoms with E-state index in [0.29, 0.717) is 4.90 Å². The lowest BCUT2D eigenvalue weighted by molar-refractivity contribution is 0.312. The fraction of sp³-hybridized carbons (Fsp3) is 0.192. The van der Waals surface area contributed by atoms with E-state index in [-0.39, 0.29) is 0 Å². The summed E-state index contributed by atoms with van der Waals surface area (Å²) in [7, 11) is 0.214. The Morgan fingerprint density at radius 3 is 2.34 bits per heavy atom. The lowest BCUT2D eigenvalue weighted by Crippen LogP contribution is -2.44. The molecule has 2 aromatic carbocycles. The molecule has 1 aliphatic rings. The summed E-state index contributed by atoms with van der Waals surface area (Å²) < 4.78 is 13.8. The van der Waals surface area contributed by atoms with Crippen LogP contribution in [-0.4, -0.2) is 57.7 Å². The van der Waals surface area contributed by atoms with Crippen LogP contribution >= 0.6 is 0 Å². The summed E-state index contributed by atoms with van der Waals surface area (Å²) in [4.78, 5) is 14.8. The second-order valence-electron chi connectivity index (χ2n) is 8.87. The van der Waals surface area contributed by atoms with Gasteiger partial charge in [0.2, 0.25) is 0 Å². The summed E-state index contributed by atoms with van der Waals surface area (Å²) in [5.41, 5.74) is 4.59. The zero-order valence-electron chi connectivity index (χ0n) is 19.4. The number of fused-ring (bicyclic) bond motifs is 2. The smallest absolute Gasteiger partial charge is 0.182 e. The molecule has 0 spiro atoms. The van der Waals surface area contributed by atoms with Gasteiger partial charge in [-0.25, -0.2) is 14.5 Å². The van der Waals surface area contributed by atoms with Gasteiger partial charge in [-0.3, -0.25) is 0 Å². The summed E-state index contributed by atoms with van der Waals surface area (Å²) in [6.45, 7) is 4.08. The average molecular weight is 485 g/mol. The Bertz CT molecular complexity index is 1560. The third-order valence-electron chi connectivity index (χ3n) is 6.69. The summed E-state index contributed by atoms with van der Waals surface area (Å²) >= 11 is 0. The fourth-order valence-corrected chi connectivity index (χ4v) is 5.36. The number of likely N-dealkylation sites (N-methyl/N-ethyl adjacent to an activating group) is 1. The maximum atomic E-state index is 12.1. The molecule has 0 aliphatic carbocycles. The van der Waals surface area contributed by atoms with Gasteiger partial charge in [-0.2, -0.15) is 5.10 Å². The molecule has 3 aromatic heterocycles. The molecule has 2 N–H and O–H groups in total. The van der Waals surface area contributed by atoms with Gasteiger partial charge >= 0.3 is 0 Å². The second-order valence-corrected chi connectivity index (χ2v) is 10.0. The summed E-state index contributed by atoms with van der Waals surface area (Å²) in [5, 5.41) is 12.2. The first-order valence-electron chi connectivity index (χ1n) is 11.6. The molecule has 9 heteroatoms. The SMILES string of the molecule is CN1CCN(c2ccc(-c3cnc4c(-c5ccc([SH+](N)=O)c6ccccc56)cnn4c3)cn2)CC1. The first-order valence-corrected chi connectivity index (χ1v) is 12.9. The van der Waals surface area contributed by atoms with Crippen molar-refractivity contribution in [2.24, 2.45) is 5.14 Å². The van der Waals surface area contributed by atoms with E-state index < -0.39 is 11.0 Å². The zero-order valence-corrected chi connectivity index (χ0v) is 20.3. The zero-order chi connectivity index (χ0) is 23.9. The maximum Gasteiger partial charge on any atom is 0.182 e. The number of hydrogen-bond acceptors (Lipinski definition) is 6. The molecule has 1 fully saturated rings. The molecule has 5 aromatic rings. The van der Waals surface area contributed by atoms with Crippen molar-refractivity contribution in [2.45, 2.75) is 4.90 Å². The Morgan fingerprint density at radius 2 is 1.60 bits per heavy atom. The predicted molar refractivity (Wildman–Crippen MR) is 141 cm³/mol. The lowest BCUT2D eigenvalue weighted by Gasteiger charge is -2.33. The number of benzene rings is 2. The van der Waals surface area contributed by atoms with Crippen molar-refractivity contribution in [3.8, 4) is 22.3 Å². The Balaban J connectivity index is 1.34. The van der Waals surface area contributed by atoms with Crippen LogP contribution in [0.2, 0.25) is 0 Å². The lowest BCUT2D eigenvalue weighted by atomic mass is 10.00. The molecular weight excluding hydrogens is 458 g/mol. The number of pyridine rings is 1. The van der Waals surface area contributed by atoms with Crippen LogP contribution in [0, 0.1) is 0 Å². The van der Waals surface area contributed by atoms with Crippen molar-refractivity contribution in [1.29, 1.82) is 0 Å². The minimum absolute atomic E-state index is 0.651. The summed E-state index contributed by atoms with van der Waals surface area (Å²) in [6.07, 6.45) is 7.57. The number of rotatable bonds is 4. The molecule has 4 heterocycles. The van der Waals surface area contributed by atoms with Crippen LogP contribution in [0.3, 0.4) is 0 Å². The number of thiol groups is 1. The van der Waals surface area contributed by atoms with Crippen molar-refractivity contribution in [3.05, 3.63) is 73.3 Å². The molecule has 0 saturated carbocycles. The molecule has 176 valence electrons. The molecule has 0 bridgehead atoms. The van der Waals surface area contributed by atoms with Crippen LogP contribution < -0.4 is 10.0 Å². The van der Waals surface area contributed by atoms with E-state index in [2.05, 4.69) is 34.1 Å². The summed E-state index contributed by atoms with van der Waals surface area (Å²) in [5.74, 6) is 1.01. The molecule has 6 rings (SSSR count). The van der Waals surface area contributed by atoms with Crippen molar-refractivity contribution in [1.82, 2.24) is 24.5 Å². The van der Waals surface area contributed by atoms with E-state index in [1.54, 1.807) is 4.52 Å². The van der Waals surface area contributed by atoms with Crippen LogP contribution in [0.25, 0.3) is 38.7 Å². The normalized spacial score (nSPS) is 15.7. The molecule has 0 amide bonds. The largest absolute Gasteiger partial charge is 0.354 e. The number of nitrogens with two attached hydrogens (primary N) is 1. The van der Waals surface area contributed by atoms with Gasteiger partial charge in [0, 0.05) is 66.8 Å². The van der Waals surface area contributed by atoms with E-state index >= 15 is 0 Å². The highest BCUT2D eigenvalue weighted by Gasteiger charge is 2.18. The predicted octanol–water partition coefficient (Wildman–Crippen LogP) is 3.29. The molecule has 1 unspecified atom stereocenters. The van der Waals surface area contributed by atoms with E-state index in [0.717, 1.165) is 70.7 Å². The van der Waals surface area contributed by atoms with Crippen LogP contribution in [0.1, 0.15) is 0 Å². The molecule has 1 atom stereocenters. The second kappa shape index (κ2) is 8.84. The quantitative estimate of drug-likeness (QED) is 0.311. The van der Waals surface area contributed by atoms with E-state index in [1.807, 2.05) is 61.2 Å². The minimum atomic E-state index is -1.94. The highest BCUT2D eigenvalue weighted by atomic mass is 32.2. The molecule has 0 radical (unpaired) electrons. The van der Waals surface area contributed by atoms with Gasteiger partial charge in [-0.1, -0.05) is 22.4 Å². The van der Waals surface area contributed by atoms with E-state index in [9.17, 15) is 4.21 Å². The van der Waals surface area contributed by atoms with Gasteiger partial charge in [0.1, 0.15) is 5.82 Å². The molecule has 8 nitrogen and oxygen atoms in total. The third kappa shape index (κ3) is 3.97. The fourth-order valence-electron chi connectivity index (χ4n) is 4.70. The summed E-state index contributed by atoms with van der Waals surface area (Å²) in [6, 6.07) is 15.8. The van der Waals surface area contributed by atoms with Gasteiger partial charge in [0.15, 0.2) is 21.5 Å². The highest BCUT2D eigenvalue weighted by molar-refractivity contribution is 7.82. The molecule has 1 saturated heterocycles.